The van der Waals surface area contributed by atoms with Crippen LogP contribution in [0.3, 0.4) is 0 Å². The second-order valence-electron chi connectivity index (χ2n) is 6.40. The fourth-order valence-electron chi connectivity index (χ4n) is 3.24. The van der Waals surface area contributed by atoms with E-state index in [1.165, 1.54) is 4.90 Å². The number of carbonyl (C=O) groups excluding carboxylic acids is 2. The lowest BCUT2D eigenvalue weighted by atomic mass is 10.0. The molecule has 2 amide bonds. The molecule has 28 heavy (non-hydrogen) atoms. The fourth-order valence-corrected chi connectivity index (χ4v) is 3.24. The van der Waals surface area contributed by atoms with Crippen molar-refractivity contribution in [2.75, 3.05) is 10.6 Å². The highest BCUT2D eigenvalue weighted by Gasteiger charge is 2.27. The molecule has 0 unspecified atom stereocenters. The van der Waals surface area contributed by atoms with Crippen LogP contribution in [0.1, 0.15) is 20.7 Å². The highest BCUT2D eigenvalue weighted by atomic mass is 16.2. The van der Waals surface area contributed by atoms with Crippen LogP contribution < -0.4 is 10.6 Å². The zero-order valence-electron chi connectivity index (χ0n) is 15.1. The predicted octanol–water partition coefficient (Wildman–Crippen LogP) is 4.91. The number of fused-ring (bicyclic) bond motifs is 1. The first-order valence-electron chi connectivity index (χ1n) is 8.93. The summed E-state index contributed by atoms with van der Waals surface area (Å²) in [5.74, 6) is -0.770. The Labute approximate surface area is 162 Å². The standard InChI is InChI=1S/C24H18N2O2/c25-21-15-7-14-20-19(21)13-8-16-22(20)26(23(27)17-9-3-1-4-10-17)24(28)18-11-5-2-6-12-18/h1-16H,25H2. The summed E-state index contributed by atoms with van der Waals surface area (Å²) < 4.78 is 0. The summed E-state index contributed by atoms with van der Waals surface area (Å²) in [5.41, 5.74) is 8.09. The molecule has 0 aliphatic rings. The number of benzene rings is 4. The number of amides is 2. The molecule has 0 saturated heterocycles. The van der Waals surface area contributed by atoms with Gasteiger partial charge in [0.15, 0.2) is 0 Å². The minimum atomic E-state index is -0.385. The lowest BCUT2D eigenvalue weighted by Gasteiger charge is -2.23. The Balaban J connectivity index is 1.93. The molecule has 0 spiro atoms. The van der Waals surface area contributed by atoms with Crippen LogP contribution in [0.25, 0.3) is 10.8 Å². The number of nitrogen functional groups attached to an aromatic ring is 1. The fraction of sp³-hybridized carbons (Fsp3) is 0. The van der Waals surface area contributed by atoms with Gasteiger partial charge in [0.05, 0.1) is 5.69 Å². The molecule has 0 radical (unpaired) electrons. The molecular formula is C24H18N2O2. The Bertz CT molecular complexity index is 1100. The van der Waals surface area contributed by atoms with E-state index in [1.807, 2.05) is 30.3 Å². The molecule has 2 N–H and O–H groups in total. The van der Waals surface area contributed by atoms with E-state index in [2.05, 4.69) is 0 Å². The number of nitrogens with two attached hydrogens (primary N) is 1. The Morgan fingerprint density at radius 3 is 1.64 bits per heavy atom. The average molecular weight is 366 g/mol. The molecule has 4 aromatic rings. The van der Waals surface area contributed by atoms with E-state index in [1.54, 1.807) is 66.7 Å². The monoisotopic (exact) mass is 366 g/mol. The molecule has 0 aromatic heterocycles. The minimum absolute atomic E-state index is 0.385. The normalized spacial score (nSPS) is 10.6. The second kappa shape index (κ2) is 7.37. The molecule has 4 rings (SSSR count). The molecule has 0 bridgehead atoms. The first-order valence-corrected chi connectivity index (χ1v) is 8.93. The summed E-state index contributed by atoms with van der Waals surface area (Å²) in [6.07, 6.45) is 0. The van der Waals surface area contributed by atoms with Crippen LogP contribution in [0.2, 0.25) is 0 Å². The summed E-state index contributed by atoms with van der Waals surface area (Å²) in [7, 11) is 0. The van der Waals surface area contributed by atoms with Gasteiger partial charge in [0.25, 0.3) is 11.8 Å². The maximum absolute atomic E-state index is 13.4. The van der Waals surface area contributed by atoms with Crippen molar-refractivity contribution < 1.29 is 9.59 Å². The Morgan fingerprint density at radius 1 is 0.571 bits per heavy atom. The number of carbonyl (C=O) groups is 2. The van der Waals surface area contributed by atoms with Gasteiger partial charge in [-0.05, 0) is 36.4 Å². The summed E-state index contributed by atoms with van der Waals surface area (Å²) in [6, 6.07) is 28.5. The quantitative estimate of drug-likeness (QED) is 0.414. The van der Waals surface area contributed by atoms with Crippen molar-refractivity contribution in [3.8, 4) is 0 Å². The van der Waals surface area contributed by atoms with Gasteiger partial charge in [-0.1, -0.05) is 60.7 Å². The molecule has 0 fully saturated rings. The zero-order chi connectivity index (χ0) is 19.5. The van der Waals surface area contributed by atoms with Crippen LogP contribution in [0.5, 0.6) is 0 Å². The van der Waals surface area contributed by atoms with Crippen LogP contribution >= 0.6 is 0 Å². The van der Waals surface area contributed by atoms with Gasteiger partial charge in [0, 0.05) is 27.6 Å². The number of rotatable bonds is 3. The van der Waals surface area contributed by atoms with Gasteiger partial charge in [-0.3, -0.25) is 9.59 Å². The van der Waals surface area contributed by atoms with Crippen molar-refractivity contribution in [2.24, 2.45) is 0 Å². The van der Waals surface area contributed by atoms with Gasteiger partial charge < -0.3 is 5.73 Å². The number of nitrogens with zero attached hydrogens (tertiary/aromatic N) is 1. The SMILES string of the molecule is Nc1cccc2c(N(C(=O)c3ccccc3)C(=O)c3ccccc3)cccc12. The number of anilines is 2. The van der Waals surface area contributed by atoms with Gasteiger partial charge in [-0.25, -0.2) is 4.90 Å². The van der Waals surface area contributed by atoms with E-state index in [-0.39, 0.29) is 11.8 Å². The number of hydrogen-bond acceptors (Lipinski definition) is 3. The molecule has 4 aromatic carbocycles. The number of imide groups is 1. The molecule has 4 heteroatoms. The first kappa shape index (κ1) is 17.5. The molecule has 0 heterocycles. The zero-order valence-corrected chi connectivity index (χ0v) is 15.1. The van der Waals surface area contributed by atoms with Gasteiger partial charge in [0.1, 0.15) is 0 Å². The second-order valence-corrected chi connectivity index (χ2v) is 6.40. The smallest absolute Gasteiger partial charge is 0.265 e. The minimum Gasteiger partial charge on any atom is -0.398 e. The topological polar surface area (TPSA) is 63.4 Å². The van der Waals surface area contributed by atoms with Gasteiger partial charge in [-0.15, -0.1) is 0 Å². The van der Waals surface area contributed by atoms with Crippen LogP contribution in [-0.2, 0) is 0 Å². The molecule has 0 saturated carbocycles. The molecule has 4 nitrogen and oxygen atoms in total. The van der Waals surface area contributed by atoms with E-state index in [0.717, 1.165) is 10.8 Å². The van der Waals surface area contributed by atoms with E-state index in [0.29, 0.717) is 22.5 Å². The van der Waals surface area contributed by atoms with Crippen molar-refractivity contribution in [3.63, 3.8) is 0 Å². The summed E-state index contributed by atoms with van der Waals surface area (Å²) in [6.45, 7) is 0. The number of hydrogen-bond donors (Lipinski definition) is 1. The highest BCUT2D eigenvalue weighted by Crippen LogP contribution is 2.32. The maximum atomic E-state index is 13.4. The van der Waals surface area contributed by atoms with E-state index in [4.69, 9.17) is 5.73 Å². The third-order valence-corrected chi connectivity index (χ3v) is 4.62. The Kier molecular flexibility index (Phi) is 4.60. The van der Waals surface area contributed by atoms with Crippen molar-refractivity contribution in [1.29, 1.82) is 0 Å². The summed E-state index contributed by atoms with van der Waals surface area (Å²) in [5, 5.41) is 1.54. The average Bonchev–Trinajstić information content (AvgIpc) is 2.75. The predicted molar refractivity (Wildman–Crippen MR) is 112 cm³/mol. The molecule has 136 valence electrons. The van der Waals surface area contributed by atoms with Crippen molar-refractivity contribution in [2.45, 2.75) is 0 Å². The van der Waals surface area contributed by atoms with Gasteiger partial charge >= 0.3 is 0 Å². The van der Waals surface area contributed by atoms with Crippen LogP contribution in [0.4, 0.5) is 11.4 Å². The van der Waals surface area contributed by atoms with Crippen LogP contribution in [0, 0.1) is 0 Å². The molecule has 0 aliphatic carbocycles. The van der Waals surface area contributed by atoms with Crippen molar-refractivity contribution in [1.82, 2.24) is 0 Å². The van der Waals surface area contributed by atoms with Crippen molar-refractivity contribution in [3.05, 3.63) is 108 Å². The van der Waals surface area contributed by atoms with E-state index in [9.17, 15) is 9.59 Å². The van der Waals surface area contributed by atoms with Crippen LogP contribution in [-0.4, -0.2) is 11.8 Å². The molecule has 0 aliphatic heterocycles. The Hall–Kier alpha value is -3.92. The Morgan fingerprint density at radius 2 is 1.07 bits per heavy atom. The van der Waals surface area contributed by atoms with E-state index >= 15 is 0 Å². The summed E-state index contributed by atoms with van der Waals surface area (Å²) in [4.78, 5) is 28.0. The molecule has 0 atom stereocenters. The van der Waals surface area contributed by atoms with E-state index < -0.39 is 0 Å². The molecular weight excluding hydrogens is 348 g/mol. The third-order valence-electron chi connectivity index (χ3n) is 4.62. The maximum Gasteiger partial charge on any atom is 0.265 e. The largest absolute Gasteiger partial charge is 0.398 e. The highest BCUT2D eigenvalue weighted by molar-refractivity contribution is 6.28. The van der Waals surface area contributed by atoms with Crippen LogP contribution in [0.15, 0.2) is 97.1 Å². The van der Waals surface area contributed by atoms with Gasteiger partial charge in [-0.2, -0.15) is 0 Å². The lowest BCUT2D eigenvalue weighted by Crippen LogP contribution is -2.37. The lowest BCUT2D eigenvalue weighted by molar-refractivity contribution is 0.0898. The van der Waals surface area contributed by atoms with Crippen molar-refractivity contribution >= 4 is 34.0 Å². The third kappa shape index (κ3) is 3.12. The summed E-state index contributed by atoms with van der Waals surface area (Å²) >= 11 is 0. The van der Waals surface area contributed by atoms with Gasteiger partial charge in [0.2, 0.25) is 0 Å². The first-order chi connectivity index (χ1) is 13.7.